The van der Waals surface area contributed by atoms with Crippen LogP contribution < -0.4 is 5.32 Å². The summed E-state index contributed by atoms with van der Waals surface area (Å²) in [5, 5.41) is 13.7. The van der Waals surface area contributed by atoms with E-state index in [0.29, 0.717) is 11.5 Å². The Balaban J connectivity index is 1.44. The highest BCUT2D eigenvalue weighted by molar-refractivity contribution is 7.99. The first-order valence-electron chi connectivity index (χ1n) is 12.6. The van der Waals surface area contributed by atoms with Crippen molar-refractivity contribution in [2.75, 3.05) is 24.3 Å². The van der Waals surface area contributed by atoms with Crippen LogP contribution in [0.1, 0.15) is 18.0 Å². The van der Waals surface area contributed by atoms with Crippen molar-refractivity contribution in [1.82, 2.24) is 10.2 Å². The van der Waals surface area contributed by atoms with E-state index in [-0.39, 0.29) is 24.8 Å². The van der Waals surface area contributed by atoms with Gasteiger partial charge in [-0.05, 0) is 47.3 Å². The molecular formula is C30H30N2O4S2. The Kier molecular flexibility index (Phi) is 7.93. The number of imide groups is 1. The highest BCUT2D eigenvalue weighted by Crippen LogP contribution is 2.50. The number of carbonyl (C=O) groups excluding carboxylic acids is 2. The van der Waals surface area contributed by atoms with Crippen molar-refractivity contribution in [2.45, 2.75) is 22.9 Å². The Hall–Kier alpha value is -3.07. The lowest BCUT2D eigenvalue weighted by Gasteiger charge is -2.31. The van der Waals surface area contributed by atoms with Crippen LogP contribution in [0.5, 0.6) is 0 Å². The Labute approximate surface area is 231 Å². The number of benzene rings is 3. The van der Waals surface area contributed by atoms with Gasteiger partial charge in [0.15, 0.2) is 0 Å². The average molecular weight is 547 g/mol. The van der Waals surface area contributed by atoms with E-state index >= 15 is 0 Å². The van der Waals surface area contributed by atoms with Gasteiger partial charge in [-0.3, -0.25) is 24.6 Å². The SMILES string of the molecule is CSCCC1(C(=O)O)NC(c2ccc(-c3ccccc3)cc2)C2C(=O)N(CCSc3ccccc3)C(=O)C21. The number of hydrogen-bond donors (Lipinski definition) is 2. The molecule has 0 bridgehead atoms. The standard InChI is InChI=1S/C30H30N2O4S2/c1-37-18-16-30(29(35)36)25-24(27(33)32(28(25)34)17-19-38-23-10-6-3-7-11-23)26(31-30)22-14-12-21(13-15-22)20-8-4-2-5-9-20/h2-15,24-26,31H,16-19H2,1H3,(H,35,36). The van der Waals surface area contributed by atoms with E-state index in [2.05, 4.69) is 5.32 Å². The van der Waals surface area contributed by atoms with Gasteiger partial charge >= 0.3 is 5.97 Å². The maximum absolute atomic E-state index is 13.8. The molecule has 3 aromatic rings. The van der Waals surface area contributed by atoms with Gasteiger partial charge in [-0.2, -0.15) is 11.8 Å². The van der Waals surface area contributed by atoms with Crippen LogP contribution in [-0.4, -0.2) is 57.6 Å². The summed E-state index contributed by atoms with van der Waals surface area (Å²) in [6, 6.07) is 27.1. The first kappa shape index (κ1) is 26.5. The van der Waals surface area contributed by atoms with Gasteiger partial charge in [0.25, 0.3) is 0 Å². The third-order valence-corrected chi connectivity index (χ3v) is 9.14. The third-order valence-electron chi connectivity index (χ3n) is 7.53. The Morgan fingerprint density at radius 3 is 2.16 bits per heavy atom. The van der Waals surface area contributed by atoms with Crippen molar-refractivity contribution in [3.05, 3.63) is 90.5 Å². The summed E-state index contributed by atoms with van der Waals surface area (Å²) in [5.41, 5.74) is 1.42. The van der Waals surface area contributed by atoms with Crippen molar-refractivity contribution in [3.8, 4) is 11.1 Å². The molecule has 2 heterocycles. The minimum Gasteiger partial charge on any atom is -0.480 e. The van der Waals surface area contributed by atoms with Gasteiger partial charge < -0.3 is 5.11 Å². The first-order chi connectivity index (χ1) is 18.5. The minimum absolute atomic E-state index is 0.252. The largest absolute Gasteiger partial charge is 0.480 e. The zero-order chi connectivity index (χ0) is 26.7. The second-order valence-corrected chi connectivity index (χ2v) is 11.8. The summed E-state index contributed by atoms with van der Waals surface area (Å²) in [4.78, 5) is 42.6. The summed E-state index contributed by atoms with van der Waals surface area (Å²) in [6.07, 6.45) is 2.17. The summed E-state index contributed by atoms with van der Waals surface area (Å²) in [7, 11) is 0. The van der Waals surface area contributed by atoms with Gasteiger partial charge in [0.2, 0.25) is 11.8 Å². The Morgan fingerprint density at radius 1 is 0.895 bits per heavy atom. The van der Waals surface area contributed by atoms with Gasteiger partial charge in [0.05, 0.1) is 11.8 Å². The van der Waals surface area contributed by atoms with Crippen molar-refractivity contribution in [3.63, 3.8) is 0 Å². The molecule has 2 aliphatic rings. The molecule has 196 valence electrons. The van der Waals surface area contributed by atoms with E-state index in [0.717, 1.165) is 21.6 Å². The molecule has 2 aliphatic heterocycles. The molecule has 4 unspecified atom stereocenters. The zero-order valence-electron chi connectivity index (χ0n) is 21.1. The van der Waals surface area contributed by atoms with Crippen molar-refractivity contribution in [2.24, 2.45) is 11.8 Å². The van der Waals surface area contributed by atoms with Gasteiger partial charge in [0.1, 0.15) is 5.54 Å². The minimum atomic E-state index is -1.50. The lowest BCUT2D eigenvalue weighted by molar-refractivity contribution is -0.151. The second kappa shape index (κ2) is 11.4. The fourth-order valence-electron chi connectivity index (χ4n) is 5.65. The molecule has 2 N–H and O–H groups in total. The molecule has 2 saturated heterocycles. The van der Waals surface area contributed by atoms with Crippen molar-refractivity contribution in [1.29, 1.82) is 0 Å². The van der Waals surface area contributed by atoms with Crippen LogP contribution in [0, 0.1) is 11.8 Å². The molecular weight excluding hydrogens is 516 g/mol. The van der Waals surface area contributed by atoms with Crippen LogP contribution in [0.4, 0.5) is 0 Å². The zero-order valence-corrected chi connectivity index (χ0v) is 22.7. The number of hydrogen-bond acceptors (Lipinski definition) is 6. The quantitative estimate of drug-likeness (QED) is 0.274. The van der Waals surface area contributed by atoms with E-state index < -0.39 is 29.4 Å². The monoisotopic (exact) mass is 546 g/mol. The summed E-state index contributed by atoms with van der Waals surface area (Å²) < 4.78 is 0. The number of nitrogens with zero attached hydrogens (tertiary/aromatic N) is 1. The van der Waals surface area contributed by atoms with E-state index in [1.54, 1.807) is 11.8 Å². The van der Waals surface area contributed by atoms with E-state index in [1.165, 1.54) is 16.7 Å². The number of carbonyl (C=O) groups is 3. The molecule has 4 atom stereocenters. The first-order valence-corrected chi connectivity index (χ1v) is 15.0. The smallest absolute Gasteiger partial charge is 0.324 e. The molecule has 6 nitrogen and oxygen atoms in total. The maximum atomic E-state index is 13.8. The fourth-order valence-corrected chi connectivity index (χ4v) is 7.04. The predicted octanol–water partition coefficient (Wildman–Crippen LogP) is 4.97. The number of nitrogens with one attached hydrogen (secondary N) is 1. The molecule has 0 saturated carbocycles. The van der Waals surface area contributed by atoms with Crippen LogP contribution in [0.15, 0.2) is 89.8 Å². The Morgan fingerprint density at radius 2 is 1.53 bits per heavy atom. The number of fused-ring (bicyclic) bond motifs is 1. The molecule has 2 fully saturated rings. The summed E-state index contributed by atoms with van der Waals surface area (Å²) >= 11 is 3.11. The maximum Gasteiger partial charge on any atom is 0.324 e. The molecule has 5 rings (SSSR count). The molecule has 0 spiro atoms. The number of carboxylic acid groups (broad SMARTS) is 1. The molecule has 3 aromatic carbocycles. The molecule has 0 aromatic heterocycles. The molecule has 0 aliphatic carbocycles. The van der Waals surface area contributed by atoms with Crippen molar-refractivity contribution >= 4 is 41.3 Å². The fraction of sp³-hybridized carbons (Fsp3) is 0.300. The van der Waals surface area contributed by atoms with Gasteiger partial charge in [-0.15, -0.1) is 11.8 Å². The normalized spacial score (nSPS) is 24.6. The highest BCUT2D eigenvalue weighted by atomic mass is 32.2. The lowest BCUT2D eigenvalue weighted by Crippen LogP contribution is -2.56. The molecule has 0 radical (unpaired) electrons. The van der Waals surface area contributed by atoms with Crippen LogP contribution in [0.2, 0.25) is 0 Å². The van der Waals surface area contributed by atoms with Crippen LogP contribution in [0.25, 0.3) is 11.1 Å². The van der Waals surface area contributed by atoms with Crippen LogP contribution in [-0.2, 0) is 14.4 Å². The third kappa shape index (κ3) is 4.88. The van der Waals surface area contributed by atoms with Crippen LogP contribution in [0.3, 0.4) is 0 Å². The lowest BCUT2D eigenvalue weighted by atomic mass is 9.78. The van der Waals surface area contributed by atoms with Gasteiger partial charge in [-0.1, -0.05) is 72.8 Å². The predicted molar refractivity (Wildman–Crippen MR) is 152 cm³/mol. The van der Waals surface area contributed by atoms with E-state index in [1.807, 2.05) is 91.2 Å². The van der Waals surface area contributed by atoms with Crippen LogP contribution >= 0.6 is 23.5 Å². The number of carboxylic acids is 1. The average Bonchev–Trinajstić information content (AvgIpc) is 3.43. The number of likely N-dealkylation sites (tertiary alicyclic amines) is 1. The van der Waals surface area contributed by atoms with Gasteiger partial charge in [-0.25, -0.2) is 0 Å². The van der Waals surface area contributed by atoms with Gasteiger partial charge in [0, 0.05) is 23.2 Å². The number of amides is 2. The number of rotatable bonds is 10. The molecule has 2 amide bonds. The second-order valence-electron chi connectivity index (χ2n) is 9.62. The Bertz CT molecular complexity index is 1300. The van der Waals surface area contributed by atoms with E-state index in [9.17, 15) is 19.5 Å². The highest BCUT2D eigenvalue weighted by Gasteiger charge is 2.68. The number of aliphatic carboxylic acids is 1. The topological polar surface area (TPSA) is 86.7 Å². The molecule has 38 heavy (non-hydrogen) atoms. The molecule has 8 heteroatoms. The van der Waals surface area contributed by atoms with Crippen molar-refractivity contribution < 1.29 is 19.5 Å². The van der Waals surface area contributed by atoms with E-state index in [4.69, 9.17) is 0 Å². The number of thioether (sulfide) groups is 2. The summed E-state index contributed by atoms with van der Waals surface area (Å²) in [5.74, 6) is -2.33. The summed E-state index contributed by atoms with van der Waals surface area (Å²) in [6.45, 7) is 0.252.